The van der Waals surface area contributed by atoms with Crippen molar-refractivity contribution in [2.75, 3.05) is 19.8 Å². The zero-order valence-electron chi connectivity index (χ0n) is 22.4. The van der Waals surface area contributed by atoms with Gasteiger partial charge >= 0.3 is 5.96 Å². The van der Waals surface area contributed by atoms with Crippen LogP contribution >= 0.6 is 0 Å². The van der Waals surface area contributed by atoms with E-state index in [1.807, 2.05) is 0 Å². The number of guanidine groups is 1. The van der Waals surface area contributed by atoms with Crippen LogP contribution in [0.2, 0.25) is 0 Å². The summed E-state index contributed by atoms with van der Waals surface area (Å²) in [5, 5.41) is 59.0. The monoisotopic (exact) mass is 581 g/mol. The van der Waals surface area contributed by atoms with E-state index in [1.165, 1.54) is 6.92 Å². The van der Waals surface area contributed by atoms with Gasteiger partial charge in [-0.05, 0) is 6.42 Å². The molecule has 3 amide bonds. The predicted octanol–water partition coefficient (Wildman–Crippen LogP) is -9.24. The molecule has 0 saturated carbocycles. The second kappa shape index (κ2) is 15.4. The van der Waals surface area contributed by atoms with Crippen LogP contribution in [0.15, 0.2) is 0 Å². The van der Waals surface area contributed by atoms with Gasteiger partial charge < -0.3 is 61.4 Å². The lowest BCUT2D eigenvalue weighted by Crippen LogP contribution is -2.78. The molecule has 0 unspecified atom stereocenters. The van der Waals surface area contributed by atoms with E-state index in [0.29, 0.717) is 19.4 Å². The standard InChI is InChI=1S/C22H41N7O11/c1-8(32)27-13-17(36)18(40-21-14(28-9(2)33)16(35)15(34)11(6-30)39-21)12(7-31)38-20(13)29-19(37)10(23)4-3-5-26-22(24)25/h10-18,20-21,30-31,34-36H,3-7,23H2,1-2H3,(H,27,32)(H,28,33)(H,29,37)(H4,24,25,26)/p+2/t10-,11+,12+,13+,14+,15+,16+,17+,18+,20+,21-/m0/s1. The Morgan fingerprint density at radius 1 is 0.925 bits per heavy atom. The summed E-state index contributed by atoms with van der Waals surface area (Å²) in [7, 11) is 0. The average Bonchev–Trinajstić information content (AvgIpc) is 2.88. The fraction of sp³-hybridized carbons (Fsp3) is 0.818. The number of aliphatic hydroxyl groups excluding tert-OH is 5. The summed E-state index contributed by atoms with van der Waals surface area (Å²) in [4.78, 5) is 39.2. The normalized spacial score (nSPS) is 34.8. The largest absolute Gasteiger partial charge is 0.394 e. The highest BCUT2D eigenvalue weighted by Gasteiger charge is 2.52. The number of nitrogens with two attached hydrogens (primary N) is 2. The maximum Gasteiger partial charge on any atom is 0.338 e. The van der Waals surface area contributed by atoms with E-state index in [2.05, 4.69) is 26.7 Å². The third kappa shape index (κ3) is 8.91. The topological polar surface area (TPSA) is 310 Å². The maximum absolute atomic E-state index is 12.8. The second-order valence-electron chi connectivity index (χ2n) is 9.76. The number of hydrogen-bond acceptors (Lipinski definition) is 11. The third-order valence-electron chi connectivity index (χ3n) is 6.52. The highest BCUT2D eigenvalue weighted by Crippen LogP contribution is 2.29. The Hall–Kier alpha value is -2.68. The van der Waals surface area contributed by atoms with E-state index in [-0.39, 0.29) is 5.96 Å². The van der Waals surface area contributed by atoms with Gasteiger partial charge in [-0.3, -0.25) is 30.8 Å². The van der Waals surface area contributed by atoms with Crippen LogP contribution in [0.3, 0.4) is 0 Å². The summed E-state index contributed by atoms with van der Waals surface area (Å²) < 4.78 is 17.2. The minimum absolute atomic E-state index is 0.0409. The SMILES string of the molecule is CC(=O)N[C@@H]1[C@@H](O)[C@H](O[C@@H]2O[C@H](CO)[C@@H](O)[C@H](O)[C@H]2NC(C)=O)[C@@H](CO)O[C@H]1NC(=O)[C@@H]([NH3+])CCC[NH+]=C(N)N. The fourth-order valence-electron chi connectivity index (χ4n) is 4.50. The van der Waals surface area contributed by atoms with E-state index < -0.39 is 98.2 Å². The molecule has 0 aromatic carbocycles. The lowest BCUT2D eigenvalue weighted by molar-refractivity contribution is -0.463. The van der Waals surface area contributed by atoms with Crippen molar-refractivity contribution in [2.45, 2.75) is 94.0 Å². The van der Waals surface area contributed by atoms with Crippen molar-refractivity contribution in [2.24, 2.45) is 11.5 Å². The number of amides is 3. The molecule has 16 N–H and O–H groups in total. The molecule has 2 fully saturated rings. The number of ether oxygens (including phenoxy) is 3. The van der Waals surface area contributed by atoms with Gasteiger partial charge in [0.25, 0.3) is 5.91 Å². The quantitative estimate of drug-likeness (QED) is 0.0579. The molecule has 2 rings (SSSR count). The zero-order chi connectivity index (χ0) is 30.1. The van der Waals surface area contributed by atoms with Crippen molar-refractivity contribution in [3.05, 3.63) is 0 Å². The molecular formula is C22H43N7O11+2. The van der Waals surface area contributed by atoms with Gasteiger partial charge in [0, 0.05) is 20.3 Å². The molecular weight excluding hydrogens is 538 g/mol. The molecule has 0 spiro atoms. The van der Waals surface area contributed by atoms with Crippen LogP contribution in [-0.4, -0.2) is 136 Å². The number of nitrogens with one attached hydrogen (secondary N) is 4. The Morgan fingerprint density at radius 2 is 1.52 bits per heavy atom. The van der Waals surface area contributed by atoms with E-state index in [4.69, 9.17) is 25.7 Å². The van der Waals surface area contributed by atoms with Gasteiger partial charge in [-0.15, -0.1) is 0 Å². The Morgan fingerprint density at radius 3 is 2.08 bits per heavy atom. The average molecular weight is 582 g/mol. The van der Waals surface area contributed by atoms with Crippen LogP contribution < -0.4 is 38.1 Å². The number of carbonyl (C=O) groups is 3. The van der Waals surface area contributed by atoms with E-state index in [1.54, 1.807) is 0 Å². The van der Waals surface area contributed by atoms with E-state index >= 15 is 0 Å². The van der Waals surface area contributed by atoms with Crippen molar-refractivity contribution >= 4 is 23.7 Å². The lowest BCUT2D eigenvalue weighted by Gasteiger charge is -2.48. The molecule has 2 aliphatic rings. The van der Waals surface area contributed by atoms with E-state index in [9.17, 15) is 39.9 Å². The summed E-state index contributed by atoms with van der Waals surface area (Å²) >= 11 is 0. The second-order valence-corrected chi connectivity index (χ2v) is 9.76. The molecule has 18 heteroatoms. The van der Waals surface area contributed by atoms with Crippen molar-refractivity contribution in [3.8, 4) is 0 Å². The van der Waals surface area contributed by atoms with Gasteiger partial charge in [-0.25, -0.2) is 0 Å². The molecule has 0 aliphatic carbocycles. The van der Waals surface area contributed by atoms with Crippen LogP contribution in [0.5, 0.6) is 0 Å². The molecule has 230 valence electrons. The Bertz CT molecular complexity index is 893. The number of carbonyl (C=O) groups excluding carboxylic acids is 3. The van der Waals surface area contributed by atoms with Crippen LogP contribution in [0.1, 0.15) is 26.7 Å². The van der Waals surface area contributed by atoms with Gasteiger partial charge in [0.15, 0.2) is 18.6 Å². The minimum atomic E-state index is -1.63. The highest BCUT2D eigenvalue weighted by atomic mass is 16.7. The summed E-state index contributed by atoms with van der Waals surface area (Å²) in [6.07, 6.45) is -10.9. The molecule has 0 aromatic heterocycles. The Kier molecular flexibility index (Phi) is 12.9. The Balaban J connectivity index is 2.23. The molecule has 2 aliphatic heterocycles. The van der Waals surface area contributed by atoms with Gasteiger partial charge in [0.2, 0.25) is 11.8 Å². The maximum atomic E-state index is 12.8. The van der Waals surface area contributed by atoms with Crippen LogP contribution in [-0.2, 0) is 28.6 Å². The van der Waals surface area contributed by atoms with Crippen LogP contribution in [0.25, 0.3) is 0 Å². The number of aliphatic hydroxyl groups is 5. The number of quaternary nitrogens is 1. The summed E-state index contributed by atoms with van der Waals surface area (Å²) in [5.74, 6) is -1.70. The van der Waals surface area contributed by atoms with Crippen LogP contribution in [0, 0.1) is 0 Å². The molecule has 2 saturated heterocycles. The molecule has 40 heavy (non-hydrogen) atoms. The molecule has 0 bridgehead atoms. The number of hydrogen-bond donors (Lipinski definition) is 12. The molecule has 0 aromatic rings. The number of rotatable bonds is 12. The van der Waals surface area contributed by atoms with Crippen molar-refractivity contribution in [1.29, 1.82) is 0 Å². The highest BCUT2D eigenvalue weighted by molar-refractivity contribution is 5.80. The smallest absolute Gasteiger partial charge is 0.338 e. The first-order valence-corrected chi connectivity index (χ1v) is 12.8. The minimum Gasteiger partial charge on any atom is -0.394 e. The summed E-state index contributed by atoms with van der Waals surface area (Å²) in [6.45, 7) is 1.32. The lowest BCUT2D eigenvalue weighted by atomic mass is 9.94. The molecule has 11 atom stereocenters. The molecule has 0 radical (unpaired) electrons. The van der Waals surface area contributed by atoms with Gasteiger partial charge in [0.05, 0.1) is 19.8 Å². The summed E-state index contributed by atoms with van der Waals surface area (Å²) in [5.41, 5.74) is 14.5. The first-order chi connectivity index (χ1) is 18.8. The van der Waals surface area contributed by atoms with Crippen molar-refractivity contribution in [1.82, 2.24) is 16.0 Å². The van der Waals surface area contributed by atoms with Gasteiger partial charge in [-0.2, -0.15) is 0 Å². The first kappa shape index (κ1) is 33.5. The van der Waals surface area contributed by atoms with Crippen molar-refractivity contribution < 1.29 is 64.9 Å². The fourth-order valence-corrected chi connectivity index (χ4v) is 4.50. The molecule has 18 nitrogen and oxygen atoms in total. The Labute approximate surface area is 230 Å². The zero-order valence-corrected chi connectivity index (χ0v) is 22.4. The third-order valence-corrected chi connectivity index (χ3v) is 6.52. The first-order valence-electron chi connectivity index (χ1n) is 12.8. The van der Waals surface area contributed by atoms with Crippen molar-refractivity contribution in [3.63, 3.8) is 0 Å². The summed E-state index contributed by atoms with van der Waals surface area (Å²) in [6, 6.07) is -3.37. The van der Waals surface area contributed by atoms with Gasteiger partial charge in [0.1, 0.15) is 48.7 Å². The predicted molar refractivity (Wildman–Crippen MR) is 133 cm³/mol. The van der Waals surface area contributed by atoms with Crippen LogP contribution in [0.4, 0.5) is 0 Å². The molecule has 2 heterocycles. The van der Waals surface area contributed by atoms with E-state index in [0.717, 1.165) is 6.92 Å². The van der Waals surface area contributed by atoms with Gasteiger partial charge in [-0.1, -0.05) is 0 Å².